The van der Waals surface area contributed by atoms with Gasteiger partial charge in [0.1, 0.15) is 6.26 Å². The number of rotatable bonds is 8. The number of aromatic nitrogens is 3. The Kier molecular flexibility index (Phi) is 7.25. The molecule has 3 amide bonds. The van der Waals surface area contributed by atoms with Crippen molar-refractivity contribution in [3.63, 3.8) is 0 Å². The summed E-state index contributed by atoms with van der Waals surface area (Å²) in [6.07, 6.45) is 1.35. The molecule has 184 valence electrons. The fourth-order valence-corrected chi connectivity index (χ4v) is 3.12. The summed E-state index contributed by atoms with van der Waals surface area (Å²) in [5, 5.41) is 11.6. The second kappa shape index (κ2) is 10.9. The van der Waals surface area contributed by atoms with Crippen molar-refractivity contribution in [1.82, 2.24) is 15.1 Å². The van der Waals surface area contributed by atoms with Gasteiger partial charge < -0.3 is 29.5 Å². The molecular formula is C24H23N7O5. The molecule has 0 unspecified atom stereocenters. The van der Waals surface area contributed by atoms with E-state index < -0.39 is 6.03 Å². The Labute approximate surface area is 206 Å². The monoisotopic (exact) mass is 489 g/mol. The van der Waals surface area contributed by atoms with Gasteiger partial charge in [-0.25, -0.2) is 4.79 Å². The Balaban J connectivity index is 1.41. The van der Waals surface area contributed by atoms with E-state index in [0.29, 0.717) is 46.2 Å². The molecule has 0 aliphatic rings. The number of nitrogens with zero attached hydrogens (tertiary/aromatic N) is 4. The van der Waals surface area contributed by atoms with Gasteiger partial charge in [-0.2, -0.15) is 9.97 Å². The number of carbonyl (C=O) groups is 2. The van der Waals surface area contributed by atoms with E-state index in [9.17, 15) is 9.59 Å². The zero-order valence-electron chi connectivity index (χ0n) is 19.7. The van der Waals surface area contributed by atoms with Gasteiger partial charge in [0.05, 0.1) is 20.3 Å². The maximum absolute atomic E-state index is 12.9. The topological polar surface area (TPSA) is 144 Å². The van der Waals surface area contributed by atoms with Gasteiger partial charge in [-0.05, 0) is 42.5 Å². The molecule has 0 fully saturated rings. The first-order valence-corrected chi connectivity index (χ1v) is 10.7. The number of carbonyl (C=O) groups excluding carboxylic acids is 2. The molecule has 3 N–H and O–H groups in total. The van der Waals surface area contributed by atoms with E-state index in [-0.39, 0.29) is 5.91 Å². The number of anilines is 5. The number of amides is 3. The van der Waals surface area contributed by atoms with Crippen molar-refractivity contribution in [1.29, 1.82) is 0 Å². The van der Waals surface area contributed by atoms with E-state index in [1.54, 1.807) is 60.5 Å². The Morgan fingerprint density at radius 1 is 0.861 bits per heavy atom. The first-order valence-electron chi connectivity index (χ1n) is 10.7. The normalized spacial score (nSPS) is 10.3. The number of nitrogens with one attached hydrogen (secondary N) is 3. The second-order valence-electron chi connectivity index (χ2n) is 7.36. The summed E-state index contributed by atoms with van der Waals surface area (Å²) in [7, 11) is 4.79. The number of hydrogen-bond acceptors (Lipinski definition) is 9. The molecule has 2 aromatic carbocycles. The maximum atomic E-state index is 12.9. The first-order chi connectivity index (χ1) is 17.4. The molecule has 0 spiro atoms. The van der Waals surface area contributed by atoms with Gasteiger partial charge in [-0.3, -0.25) is 10.1 Å². The van der Waals surface area contributed by atoms with Crippen molar-refractivity contribution in [3.05, 3.63) is 72.5 Å². The van der Waals surface area contributed by atoms with Crippen LogP contribution in [0, 0.1) is 0 Å². The van der Waals surface area contributed by atoms with E-state index in [2.05, 4.69) is 35.6 Å². The van der Waals surface area contributed by atoms with Gasteiger partial charge in [-0.15, -0.1) is 0 Å². The van der Waals surface area contributed by atoms with E-state index in [0.717, 1.165) is 0 Å². The summed E-state index contributed by atoms with van der Waals surface area (Å²) < 4.78 is 15.1. The van der Waals surface area contributed by atoms with Gasteiger partial charge >= 0.3 is 6.03 Å². The fraction of sp³-hybridized carbons (Fsp3) is 0.125. The summed E-state index contributed by atoms with van der Waals surface area (Å²) in [5.41, 5.74) is 2.22. The van der Waals surface area contributed by atoms with Gasteiger partial charge in [-0.1, -0.05) is 11.2 Å². The van der Waals surface area contributed by atoms with E-state index in [1.165, 1.54) is 26.5 Å². The van der Waals surface area contributed by atoms with Crippen molar-refractivity contribution < 1.29 is 23.6 Å². The predicted molar refractivity (Wildman–Crippen MR) is 133 cm³/mol. The molecular weight excluding hydrogens is 466 g/mol. The van der Waals surface area contributed by atoms with Crippen LogP contribution < -0.4 is 30.3 Å². The van der Waals surface area contributed by atoms with E-state index >= 15 is 0 Å². The lowest BCUT2D eigenvalue weighted by molar-refractivity contribution is 0.102. The van der Waals surface area contributed by atoms with Crippen LogP contribution in [-0.4, -0.2) is 48.3 Å². The highest BCUT2D eigenvalue weighted by Gasteiger charge is 2.14. The largest absolute Gasteiger partial charge is 0.481 e. The van der Waals surface area contributed by atoms with Crippen LogP contribution in [0.5, 0.6) is 11.8 Å². The number of urea groups is 1. The van der Waals surface area contributed by atoms with Crippen molar-refractivity contribution in [3.8, 4) is 11.8 Å². The zero-order chi connectivity index (χ0) is 25.5. The van der Waals surface area contributed by atoms with Crippen LogP contribution in [-0.2, 0) is 0 Å². The minimum atomic E-state index is -0.473. The van der Waals surface area contributed by atoms with Crippen molar-refractivity contribution >= 4 is 40.8 Å². The van der Waals surface area contributed by atoms with Crippen LogP contribution in [0.2, 0.25) is 0 Å². The molecule has 0 aliphatic heterocycles. The molecule has 36 heavy (non-hydrogen) atoms. The zero-order valence-corrected chi connectivity index (χ0v) is 19.7. The highest BCUT2D eigenvalue weighted by atomic mass is 16.5. The van der Waals surface area contributed by atoms with Crippen molar-refractivity contribution in [2.45, 2.75) is 0 Å². The molecule has 12 nitrogen and oxygen atoms in total. The molecule has 0 atom stereocenters. The number of hydrogen-bond donors (Lipinski definition) is 3. The standard InChI is InChI=1S/C24H23N7O5/c1-31(23-28-20(34-2)14-21(29-23)35-3)18-6-4-5-15(13-18)22(32)25-16-7-9-17(10-8-16)26-24(33)27-19-11-12-36-30-19/h4-14H,1-3H3,(H,25,32)(H2,26,27,30,33). The molecule has 4 aromatic rings. The predicted octanol–water partition coefficient (Wildman–Crippen LogP) is 4.15. The molecule has 4 rings (SSSR count). The lowest BCUT2D eigenvalue weighted by Crippen LogP contribution is -2.19. The maximum Gasteiger partial charge on any atom is 0.324 e. The molecule has 0 bridgehead atoms. The molecule has 0 saturated carbocycles. The third-order valence-corrected chi connectivity index (χ3v) is 4.96. The SMILES string of the molecule is COc1cc(OC)nc(N(C)c2cccc(C(=O)Nc3ccc(NC(=O)Nc4ccon4)cc3)c2)n1. The number of ether oxygens (including phenoxy) is 2. The summed E-state index contributed by atoms with van der Waals surface area (Å²) in [5.74, 6) is 1.04. The van der Waals surface area contributed by atoms with Crippen LogP contribution in [0.4, 0.5) is 33.6 Å². The highest BCUT2D eigenvalue weighted by Crippen LogP contribution is 2.26. The lowest BCUT2D eigenvalue weighted by atomic mass is 10.1. The molecule has 12 heteroatoms. The smallest absolute Gasteiger partial charge is 0.324 e. The third-order valence-electron chi connectivity index (χ3n) is 4.96. The fourth-order valence-electron chi connectivity index (χ4n) is 3.12. The second-order valence-corrected chi connectivity index (χ2v) is 7.36. The Morgan fingerprint density at radius 3 is 2.14 bits per heavy atom. The Bertz CT molecular complexity index is 1320. The van der Waals surface area contributed by atoms with Gasteiger partial charge in [0.2, 0.25) is 17.7 Å². The van der Waals surface area contributed by atoms with Crippen LogP contribution in [0.25, 0.3) is 0 Å². The molecule has 0 radical (unpaired) electrons. The number of benzene rings is 2. The third kappa shape index (κ3) is 5.86. The van der Waals surface area contributed by atoms with Crippen LogP contribution in [0.3, 0.4) is 0 Å². The number of methoxy groups -OCH3 is 2. The average molecular weight is 489 g/mol. The summed E-state index contributed by atoms with van der Waals surface area (Å²) in [4.78, 5) is 35.2. The van der Waals surface area contributed by atoms with Gasteiger partial charge in [0, 0.05) is 35.7 Å². The summed E-state index contributed by atoms with van der Waals surface area (Å²) in [6, 6.07) is 16.3. The summed E-state index contributed by atoms with van der Waals surface area (Å²) in [6.45, 7) is 0. The van der Waals surface area contributed by atoms with Gasteiger partial charge in [0.15, 0.2) is 5.82 Å². The average Bonchev–Trinajstić information content (AvgIpc) is 3.42. The minimum absolute atomic E-state index is 0.293. The quantitative estimate of drug-likeness (QED) is 0.332. The van der Waals surface area contributed by atoms with E-state index in [1.807, 2.05) is 6.07 Å². The Hall–Kier alpha value is -5.13. The molecule has 2 heterocycles. The lowest BCUT2D eigenvalue weighted by Gasteiger charge is -2.19. The van der Waals surface area contributed by atoms with Crippen molar-refractivity contribution in [2.24, 2.45) is 0 Å². The highest BCUT2D eigenvalue weighted by molar-refractivity contribution is 6.05. The first kappa shape index (κ1) is 24.0. The Morgan fingerprint density at radius 2 is 1.53 bits per heavy atom. The van der Waals surface area contributed by atoms with E-state index in [4.69, 9.17) is 9.47 Å². The van der Waals surface area contributed by atoms with Gasteiger partial charge in [0.25, 0.3) is 5.91 Å². The molecule has 0 saturated heterocycles. The molecule has 2 aromatic heterocycles. The minimum Gasteiger partial charge on any atom is -0.481 e. The van der Waals surface area contributed by atoms with Crippen LogP contribution in [0.15, 0.2) is 71.4 Å². The molecule has 0 aliphatic carbocycles. The summed E-state index contributed by atoms with van der Waals surface area (Å²) >= 11 is 0. The van der Waals surface area contributed by atoms with Crippen molar-refractivity contribution in [2.75, 3.05) is 42.1 Å². The van der Waals surface area contributed by atoms with Crippen LogP contribution in [0.1, 0.15) is 10.4 Å². The van der Waals surface area contributed by atoms with Crippen LogP contribution >= 0.6 is 0 Å².